The number of amides is 1. The van der Waals surface area contributed by atoms with E-state index in [1.54, 1.807) is 24.0 Å². The Morgan fingerprint density at radius 3 is 2.46 bits per heavy atom. The third-order valence-electron chi connectivity index (χ3n) is 4.75. The van der Waals surface area contributed by atoms with Gasteiger partial charge < -0.3 is 9.64 Å². The van der Waals surface area contributed by atoms with Crippen molar-refractivity contribution in [2.45, 2.75) is 26.3 Å². The average Bonchev–Trinajstić information content (AvgIpc) is 3.19. The molecule has 1 aromatic heterocycles. The lowest BCUT2D eigenvalue weighted by Crippen LogP contribution is -2.51. The number of piperazine rings is 1. The van der Waals surface area contributed by atoms with Crippen LogP contribution >= 0.6 is 23.1 Å². The second-order valence-corrected chi connectivity index (χ2v) is 7.63. The van der Waals surface area contributed by atoms with Gasteiger partial charge in [0.2, 0.25) is 0 Å². The van der Waals surface area contributed by atoms with Crippen molar-refractivity contribution in [3.63, 3.8) is 0 Å². The molecule has 0 N–H and O–H groups in total. The summed E-state index contributed by atoms with van der Waals surface area (Å²) in [6, 6.07) is 6.72. The summed E-state index contributed by atoms with van der Waals surface area (Å²) in [5.74, 6) is -0.324. The summed E-state index contributed by atoms with van der Waals surface area (Å²) in [5, 5.41) is 4.64. The fourth-order valence-electron chi connectivity index (χ4n) is 3.29. The van der Waals surface area contributed by atoms with Crippen molar-refractivity contribution in [2.75, 3.05) is 32.8 Å². The molecule has 1 unspecified atom stereocenters. The zero-order valence-corrected chi connectivity index (χ0v) is 17.5. The molecule has 1 aromatic carbocycles. The van der Waals surface area contributed by atoms with Crippen LogP contribution in [0.4, 0.5) is 0 Å². The van der Waals surface area contributed by atoms with E-state index in [4.69, 9.17) is 16.3 Å². The van der Waals surface area contributed by atoms with Crippen LogP contribution in [0.25, 0.3) is 0 Å². The molecular weight excluding hydrogens is 400 g/mol. The summed E-state index contributed by atoms with van der Waals surface area (Å²) in [5.41, 5.74) is 1.57. The summed E-state index contributed by atoms with van der Waals surface area (Å²) in [6.45, 7) is 6.28. The Bertz CT molecular complexity index is 819. The van der Waals surface area contributed by atoms with Crippen LogP contribution in [-0.4, -0.2) is 64.0 Å². The fourth-order valence-corrected chi connectivity index (χ4v) is 4.14. The summed E-state index contributed by atoms with van der Waals surface area (Å²) >= 11 is 7.13. The van der Waals surface area contributed by atoms with Crippen LogP contribution in [0, 0.1) is 0 Å². The number of ether oxygens (including phenoxy) is 1. The topological polar surface area (TPSA) is 75.6 Å². The highest BCUT2D eigenvalue weighted by molar-refractivity contribution is 7.08. The first kappa shape index (κ1) is 20.7. The number of aryl methyl sites for hydroxylation is 1. The minimum absolute atomic E-state index is 0.0364. The van der Waals surface area contributed by atoms with E-state index >= 15 is 0 Å². The van der Waals surface area contributed by atoms with Gasteiger partial charge in [0.05, 0.1) is 12.3 Å². The molecule has 1 amide bonds. The highest BCUT2D eigenvalue weighted by Gasteiger charge is 2.33. The standard InChI is InChI=1S/C19H23ClN4O3S/c1-3-15-17(28-22-21-15)18(25)24-11-9-23(10-12-24)16(19(26)27-4-2)13-5-7-14(20)8-6-13/h5-8,16H,3-4,9-12H2,1-2H3. The number of rotatable bonds is 6. The Balaban J connectivity index is 1.72. The van der Waals surface area contributed by atoms with Crippen LogP contribution in [0.15, 0.2) is 24.3 Å². The van der Waals surface area contributed by atoms with Crippen LogP contribution < -0.4 is 0 Å². The first-order valence-corrected chi connectivity index (χ1v) is 10.5. The van der Waals surface area contributed by atoms with E-state index in [-0.39, 0.29) is 11.9 Å². The van der Waals surface area contributed by atoms with Gasteiger partial charge in [-0.2, -0.15) is 0 Å². The number of esters is 1. The number of carbonyl (C=O) groups excluding carboxylic acids is 2. The normalized spacial score (nSPS) is 16.0. The van der Waals surface area contributed by atoms with Gasteiger partial charge in [-0.3, -0.25) is 9.69 Å². The second-order valence-electron chi connectivity index (χ2n) is 6.44. The van der Waals surface area contributed by atoms with Crippen molar-refractivity contribution >= 4 is 35.0 Å². The molecule has 1 aliphatic heterocycles. The Kier molecular flexibility index (Phi) is 6.98. The highest BCUT2D eigenvalue weighted by atomic mass is 35.5. The first-order chi connectivity index (χ1) is 13.5. The number of nitrogens with zero attached hydrogens (tertiary/aromatic N) is 4. The van der Waals surface area contributed by atoms with E-state index in [9.17, 15) is 9.59 Å². The predicted octanol–water partition coefficient (Wildman–Crippen LogP) is 2.82. The third kappa shape index (κ3) is 4.51. The van der Waals surface area contributed by atoms with Gasteiger partial charge in [0.15, 0.2) is 0 Å². The molecule has 3 rings (SSSR count). The average molecular weight is 423 g/mol. The Hall–Kier alpha value is -2.03. The zero-order chi connectivity index (χ0) is 20.1. The quantitative estimate of drug-likeness (QED) is 0.666. The van der Waals surface area contributed by atoms with Gasteiger partial charge >= 0.3 is 5.97 Å². The predicted molar refractivity (Wildman–Crippen MR) is 108 cm³/mol. The SMILES string of the molecule is CCOC(=O)C(c1ccc(Cl)cc1)N1CCN(C(=O)c2snnc2CC)CC1. The molecule has 28 heavy (non-hydrogen) atoms. The molecular formula is C19H23ClN4O3S. The van der Waals surface area contributed by atoms with Gasteiger partial charge in [0, 0.05) is 31.2 Å². The molecule has 150 valence electrons. The lowest BCUT2D eigenvalue weighted by Gasteiger charge is -2.38. The van der Waals surface area contributed by atoms with Crippen LogP contribution in [0.2, 0.25) is 5.02 Å². The zero-order valence-electron chi connectivity index (χ0n) is 15.9. The minimum Gasteiger partial charge on any atom is -0.465 e. The molecule has 1 atom stereocenters. The molecule has 1 saturated heterocycles. The summed E-state index contributed by atoms with van der Waals surface area (Å²) in [7, 11) is 0. The Morgan fingerprint density at radius 2 is 1.86 bits per heavy atom. The maximum absolute atomic E-state index is 12.8. The van der Waals surface area contributed by atoms with Gasteiger partial charge in [0.25, 0.3) is 5.91 Å². The smallest absolute Gasteiger partial charge is 0.328 e. The lowest BCUT2D eigenvalue weighted by molar-refractivity contribution is -0.150. The molecule has 9 heteroatoms. The van der Waals surface area contributed by atoms with E-state index < -0.39 is 6.04 Å². The first-order valence-electron chi connectivity index (χ1n) is 9.31. The number of aromatic nitrogens is 2. The maximum Gasteiger partial charge on any atom is 0.328 e. The minimum atomic E-state index is -0.509. The fraction of sp³-hybridized carbons (Fsp3) is 0.474. The van der Waals surface area contributed by atoms with Crippen molar-refractivity contribution in [3.8, 4) is 0 Å². The molecule has 1 aliphatic rings. The van der Waals surface area contributed by atoms with Gasteiger partial charge in [-0.05, 0) is 42.6 Å². The van der Waals surface area contributed by atoms with Crippen molar-refractivity contribution in [2.24, 2.45) is 0 Å². The third-order valence-corrected chi connectivity index (χ3v) is 5.76. The molecule has 0 radical (unpaired) electrons. The van der Waals surface area contributed by atoms with Gasteiger partial charge in [-0.25, -0.2) is 4.79 Å². The van der Waals surface area contributed by atoms with Crippen LogP contribution in [0.5, 0.6) is 0 Å². The van der Waals surface area contributed by atoms with Gasteiger partial charge in [0.1, 0.15) is 10.9 Å². The number of hydrogen-bond acceptors (Lipinski definition) is 7. The molecule has 0 spiro atoms. The molecule has 7 nitrogen and oxygen atoms in total. The van der Waals surface area contributed by atoms with Crippen molar-refractivity contribution < 1.29 is 14.3 Å². The molecule has 2 aromatic rings. The van der Waals surface area contributed by atoms with Crippen LogP contribution in [-0.2, 0) is 16.0 Å². The lowest BCUT2D eigenvalue weighted by atomic mass is 10.0. The van der Waals surface area contributed by atoms with E-state index in [1.807, 2.05) is 19.1 Å². The number of carbonyl (C=O) groups is 2. The summed E-state index contributed by atoms with van der Waals surface area (Å²) in [6.07, 6.45) is 0.680. The van der Waals surface area contributed by atoms with E-state index in [2.05, 4.69) is 14.5 Å². The van der Waals surface area contributed by atoms with Crippen LogP contribution in [0.1, 0.15) is 40.8 Å². The van der Waals surface area contributed by atoms with Crippen molar-refractivity contribution in [3.05, 3.63) is 45.4 Å². The molecule has 0 saturated carbocycles. The number of benzene rings is 1. The van der Waals surface area contributed by atoms with E-state index in [0.29, 0.717) is 49.1 Å². The monoisotopic (exact) mass is 422 g/mol. The second kappa shape index (κ2) is 9.45. The number of halogens is 1. The molecule has 0 bridgehead atoms. The van der Waals surface area contributed by atoms with Gasteiger partial charge in [-0.1, -0.05) is 35.1 Å². The van der Waals surface area contributed by atoms with Crippen LogP contribution in [0.3, 0.4) is 0 Å². The molecule has 1 fully saturated rings. The Morgan fingerprint density at radius 1 is 1.18 bits per heavy atom. The van der Waals surface area contributed by atoms with Crippen molar-refractivity contribution in [1.29, 1.82) is 0 Å². The Labute approximate surface area is 173 Å². The van der Waals surface area contributed by atoms with Crippen molar-refractivity contribution in [1.82, 2.24) is 19.4 Å². The summed E-state index contributed by atoms with van der Waals surface area (Å²) in [4.78, 5) is 29.9. The maximum atomic E-state index is 12.8. The molecule has 0 aliphatic carbocycles. The number of hydrogen-bond donors (Lipinski definition) is 0. The molecule has 2 heterocycles. The largest absolute Gasteiger partial charge is 0.465 e. The summed E-state index contributed by atoms with van der Waals surface area (Å²) < 4.78 is 9.20. The van der Waals surface area contributed by atoms with Gasteiger partial charge in [-0.15, -0.1) is 5.10 Å². The highest BCUT2D eigenvalue weighted by Crippen LogP contribution is 2.26. The van der Waals surface area contributed by atoms with E-state index in [1.165, 1.54) is 0 Å². The van der Waals surface area contributed by atoms with E-state index in [0.717, 1.165) is 22.8 Å².